The number of hydrogen-bond donors (Lipinski definition) is 0. The minimum atomic E-state index is 0.195. The average molecular weight is 313 g/mol. The van der Waals surface area contributed by atoms with Crippen LogP contribution in [0, 0.1) is 0 Å². The molecule has 4 aromatic rings. The van der Waals surface area contributed by atoms with Gasteiger partial charge in [0.05, 0.1) is 5.39 Å². The summed E-state index contributed by atoms with van der Waals surface area (Å²) in [5.41, 5.74) is 0. The van der Waals surface area contributed by atoms with Crippen LogP contribution < -0.4 is 4.74 Å². The highest BCUT2D eigenvalue weighted by molar-refractivity contribution is 7.16. The van der Waals surface area contributed by atoms with Crippen LogP contribution in [0.15, 0.2) is 53.9 Å². The number of fused-ring (bicyclic) bond motifs is 2. The Morgan fingerprint density at radius 3 is 2.71 bits per heavy atom. The van der Waals surface area contributed by atoms with E-state index < -0.39 is 0 Å². The second kappa shape index (κ2) is 4.98. The quantitative estimate of drug-likeness (QED) is 0.472. The van der Waals surface area contributed by atoms with Gasteiger partial charge < -0.3 is 4.74 Å². The summed E-state index contributed by atoms with van der Waals surface area (Å²) in [5.74, 6) is 1.25. The molecule has 21 heavy (non-hydrogen) atoms. The van der Waals surface area contributed by atoms with E-state index in [1.165, 1.54) is 11.3 Å². The predicted molar refractivity (Wildman–Crippen MR) is 86.4 cm³/mol. The second-order valence-electron chi connectivity index (χ2n) is 4.52. The van der Waals surface area contributed by atoms with Crippen LogP contribution in [-0.4, -0.2) is 9.97 Å². The maximum atomic E-state index is 6.02. The first-order valence-corrected chi connectivity index (χ1v) is 7.63. The van der Waals surface area contributed by atoms with E-state index in [2.05, 4.69) is 22.1 Å². The first-order valence-electron chi connectivity index (χ1n) is 6.37. The maximum absolute atomic E-state index is 6.02. The molecule has 2 aromatic carbocycles. The first-order chi connectivity index (χ1) is 10.3. The van der Waals surface area contributed by atoms with Crippen molar-refractivity contribution in [2.24, 2.45) is 0 Å². The number of halogens is 1. The molecule has 0 aliphatic rings. The molecule has 0 bridgehead atoms. The molecular formula is C16H9ClN2OS. The third-order valence-corrected chi connectivity index (χ3v) is 4.19. The molecule has 0 saturated heterocycles. The molecule has 0 aliphatic heterocycles. The molecule has 4 rings (SSSR count). The normalized spacial score (nSPS) is 11.1. The van der Waals surface area contributed by atoms with Crippen LogP contribution in [0.2, 0.25) is 5.28 Å². The van der Waals surface area contributed by atoms with Gasteiger partial charge in [-0.15, -0.1) is 11.3 Å². The third kappa shape index (κ3) is 2.22. The fourth-order valence-corrected chi connectivity index (χ4v) is 3.24. The largest absolute Gasteiger partial charge is 0.438 e. The SMILES string of the molecule is Clc1nc(Oc2cccc3ccccc23)c2ccsc2n1. The Morgan fingerprint density at radius 1 is 0.905 bits per heavy atom. The van der Waals surface area contributed by atoms with Gasteiger partial charge in [-0.25, -0.2) is 4.98 Å². The van der Waals surface area contributed by atoms with Gasteiger partial charge in [-0.05, 0) is 34.5 Å². The monoisotopic (exact) mass is 312 g/mol. The van der Waals surface area contributed by atoms with E-state index in [-0.39, 0.29) is 5.28 Å². The van der Waals surface area contributed by atoms with E-state index in [0.29, 0.717) is 5.88 Å². The molecule has 0 radical (unpaired) electrons. The van der Waals surface area contributed by atoms with Crippen LogP contribution >= 0.6 is 22.9 Å². The number of thiophene rings is 1. The zero-order valence-corrected chi connectivity index (χ0v) is 12.4. The number of rotatable bonds is 2. The van der Waals surface area contributed by atoms with Crippen LogP contribution in [0.25, 0.3) is 21.0 Å². The molecule has 0 N–H and O–H groups in total. The lowest BCUT2D eigenvalue weighted by Crippen LogP contribution is -1.92. The molecule has 0 atom stereocenters. The second-order valence-corrected chi connectivity index (χ2v) is 5.75. The van der Waals surface area contributed by atoms with Crippen molar-refractivity contribution >= 4 is 43.9 Å². The van der Waals surface area contributed by atoms with Gasteiger partial charge in [-0.3, -0.25) is 0 Å². The predicted octanol–water partition coefficient (Wildman–Crippen LogP) is 5.29. The lowest BCUT2D eigenvalue weighted by molar-refractivity contribution is 0.474. The number of aromatic nitrogens is 2. The number of ether oxygens (including phenoxy) is 1. The Balaban J connectivity index is 1.89. The molecule has 0 amide bonds. The van der Waals surface area contributed by atoms with Crippen molar-refractivity contribution in [3.05, 3.63) is 59.2 Å². The van der Waals surface area contributed by atoms with E-state index >= 15 is 0 Å². The Labute approximate surface area is 129 Å². The van der Waals surface area contributed by atoms with E-state index in [1.807, 2.05) is 41.8 Å². The molecule has 102 valence electrons. The number of benzene rings is 2. The summed E-state index contributed by atoms with van der Waals surface area (Å²) in [6.45, 7) is 0. The van der Waals surface area contributed by atoms with Crippen molar-refractivity contribution in [2.75, 3.05) is 0 Å². The zero-order valence-electron chi connectivity index (χ0n) is 10.8. The zero-order chi connectivity index (χ0) is 14.2. The summed E-state index contributed by atoms with van der Waals surface area (Å²) < 4.78 is 6.02. The molecule has 2 heterocycles. The molecule has 2 aromatic heterocycles. The smallest absolute Gasteiger partial charge is 0.232 e. The van der Waals surface area contributed by atoms with Crippen molar-refractivity contribution in [3.63, 3.8) is 0 Å². The lowest BCUT2D eigenvalue weighted by Gasteiger charge is -2.09. The lowest BCUT2D eigenvalue weighted by atomic mass is 10.1. The third-order valence-electron chi connectivity index (χ3n) is 3.22. The number of hydrogen-bond acceptors (Lipinski definition) is 4. The molecule has 3 nitrogen and oxygen atoms in total. The summed E-state index contributed by atoms with van der Waals surface area (Å²) in [7, 11) is 0. The molecular weight excluding hydrogens is 304 g/mol. The Kier molecular flexibility index (Phi) is 2.98. The molecule has 0 saturated carbocycles. The Morgan fingerprint density at radius 2 is 1.76 bits per heavy atom. The molecule has 0 fully saturated rings. The summed E-state index contributed by atoms with van der Waals surface area (Å²) in [5, 5.41) is 5.18. The van der Waals surface area contributed by atoms with Crippen LogP contribution in [0.1, 0.15) is 0 Å². The average Bonchev–Trinajstić information content (AvgIpc) is 2.96. The topological polar surface area (TPSA) is 35.0 Å². The molecule has 0 spiro atoms. The highest BCUT2D eigenvalue weighted by Crippen LogP contribution is 2.34. The van der Waals surface area contributed by atoms with E-state index in [1.54, 1.807) is 0 Å². The van der Waals surface area contributed by atoms with Crippen molar-refractivity contribution in [3.8, 4) is 11.6 Å². The van der Waals surface area contributed by atoms with Gasteiger partial charge in [0.25, 0.3) is 0 Å². The van der Waals surface area contributed by atoms with Crippen molar-refractivity contribution < 1.29 is 4.74 Å². The van der Waals surface area contributed by atoms with Crippen LogP contribution in [0.3, 0.4) is 0 Å². The molecule has 0 unspecified atom stereocenters. The number of nitrogens with zero attached hydrogens (tertiary/aromatic N) is 2. The van der Waals surface area contributed by atoms with Gasteiger partial charge in [0.2, 0.25) is 11.2 Å². The maximum Gasteiger partial charge on any atom is 0.232 e. The van der Waals surface area contributed by atoms with Crippen molar-refractivity contribution in [1.29, 1.82) is 0 Å². The van der Waals surface area contributed by atoms with Gasteiger partial charge in [-0.2, -0.15) is 4.98 Å². The summed E-state index contributed by atoms with van der Waals surface area (Å²) >= 11 is 7.48. The summed E-state index contributed by atoms with van der Waals surface area (Å²) in [6, 6.07) is 16.0. The van der Waals surface area contributed by atoms with Gasteiger partial charge in [0, 0.05) is 5.39 Å². The van der Waals surface area contributed by atoms with Crippen molar-refractivity contribution in [1.82, 2.24) is 9.97 Å². The highest BCUT2D eigenvalue weighted by atomic mass is 35.5. The van der Waals surface area contributed by atoms with E-state index in [9.17, 15) is 0 Å². The van der Waals surface area contributed by atoms with Crippen LogP contribution in [0.5, 0.6) is 11.6 Å². The summed E-state index contributed by atoms with van der Waals surface area (Å²) in [6.07, 6.45) is 0. The van der Waals surface area contributed by atoms with Crippen LogP contribution in [-0.2, 0) is 0 Å². The minimum absolute atomic E-state index is 0.195. The summed E-state index contributed by atoms with van der Waals surface area (Å²) in [4.78, 5) is 9.23. The Hall–Kier alpha value is -2.17. The first kappa shape index (κ1) is 12.6. The van der Waals surface area contributed by atoms with Crippen LogP contribution in [0.4, 0.5) is 0 Å². The van der Waals surface area contributed by atoms with Gasteiger partial charge in [0.1, 0.15) is 10.6 Å². The standard InChI is InChI=1S/C16H9ClN2OS/c17-16-18-14(12-8-9-21-15(12)19-16)20-13-7-3-5-10-4-1-2-6-11(10)13/h1-9H. The minimum Gasteiger partial charge on any atom is -0.438 e. The van der Waals surface area contributed by atoms with E-state index in [0.717, 1.165) is 26.7 Å². The van der Waals surface area contributed by atoms with E-state index in [4.69, 9.17) is 16.3 Å². The van der Waals surface area contributed by atoms with Crippen molar-refractivity contribution in [2.45, 2.75) is 0 Å². The van der Waals surface area contributed by atoms with Gasteiger partial charge in [0.15, 0.2) is 0 Å². The van der Waals surface area contributed by atoms with Gasteiger partial charge in [-0.1, -0.05) is 36.4 Å². The molecule has 5 heteroatoms. The Bertz CT molecular complexity index is 946. The molecule has 0 aliphatic carbocycles. The highest BCUT2D eigenvalue weighted by Gasteiger charge is 2.11. The van der Waals surface area contributed by atoms with Gasteiger partial charge >= 0.3 is 0 Å². The fourth-order valence-electron chi connectivity index (χ4n) is 2.27. The fraction of sp³-hybridized carbons (Fsp3) is 0.